The third kappa shape index (κ3) is 4.73. The molecule has 1 saturated heterocycles. The fourth-order valence-electron chi connectivity index (χ4n) is 2.56. The van der Waals surface area contributed by atoms with Crippen molar-refractivity contribution in [3.8, 4) is 0 Å². The molecule has 0 spiro atoms. The van der Waals surface area contributed by atoms with Crippen LogP contribution in [0.5, 0.6) is 0 Å². The molecule has 2 rings (SSSR count). The number of carbonyl (C=O) groups excluding carboxylic acids is 1. The minimum absolute atomic E-state index is 0.0369. The number of rotatable bonds is 7. The van der Waals surface area contributed by atoms with Gasteiger partial charge >= 0.3 is 0 Å². The monoisotopic (exact) mass is 309 g/mol. The van der Waals surface area contributed by atoms with Crippen LogP contribution in [0, 0.1) is 5.92 Å². The maximum absolute atomic E-state index is 11.8. The second-order valence-corrected chi connectivity index (χ2v) is 6.28. The number of benzene rings is 1. The molecule has 0 radical (unpaired) electrons. The maximum atomic E-state index is 11.8. The molecule has 0 aromatic heterocycles. The van der Waals surface area contributed by atoms with Crippen LogP contribution >= 0.6 is 11.8 Å². The molecular formula is C16H23NO3S. The summed E-state index contributed by atoms with van der Waals surface area (Å²) in [5.74, 6) is 0.778. The number of thioether (sulfide) groups is 1. The van der Waals surface area contributed by atoms with Crippen LogP contribution in [-0.4, -0.2) is 42.3 Å². The van der Waals surface area contributed by atoms with E-state index in [2.05, 4.69) is 17.4 Å². The van der Waals surface area contributed by atoms with Crippen LogP contribution in [0.2, 0.25) is 0 Å². The summed E-state index contributed by atoms with van der Waals surface area (Å²) in [7, 11) is 0. The van der Waals surface area contributed by atoms with Gasteiger partial charge in [-0.25, -0.2) is 0 Å². The first-order valence-corrected chi connectivity index (χ1v) is 8.73. The van der Waals surface area contributed by atoms with Gasteiger partial charge in [-0.3, -0.25) is 4.79 Å². The van der Waals surface area contributed by atoms with Gasteiger partial charge < -0.3 is 15.2 Å². The summed E-state index contributed by atoms with van der Waals surface area (Å²) in [5.41, 5.74) is 1.15. The smallest absolute Gasteiger partial charge is 0.248 e. The zero-order chi connectivity index (χ0) is 15.1. The molecule has 4 nitrogen and oxygen atoms in total. The van der Waals surface area contributed by atoms with Crippen molar-refractivity contribution in [1.29, 1.82) is 0 Å². The lowest BCUT2D eigenvalue weighted by Gasteiger charge is -2.20. The Bertz CT molecular complexity index is 440. The molecule has 3 atom stereocenters. The number of hydrogen-bond donors (Lipinski definition) is 2. The minimum Gasteiger partial charge on any atom is -0.383 e. The van der Waals surface area contributed by atoms with E-state index in [1.54, 1.807) is 11.8 Å². The van der Waals surface area contributed by atoms with Crippen LogP contribution in [0.3, 0.4) is 0 Å². The molecule has 1 aromatic rings. The molecule has 1 aromatic carbocycles. The number of carbonyl (C=O) groups is 1. The Kier molecular flexibility index (Phi) is 6.54. The van der Waals surface area contributed by atoms with Crippen molar-refractivity contribution in [2.45, 2.75) is 25.0 Å². The SMILES string of the molecule is CSCC[C@@H](O)C(=O)NC[C@H]1CCO[C@@H]1c1ccccc1. The van der Waals surface area contributed by atoms with Crippen molar-refractivity contribution in [3.63, 3.8) is 0 Å². The zero-order valence-electron chi connectivity index (χ0n) is 12.3. The highest BCUT2D eigenvalue weighted by atomic mass is 32.2. The number of ether oxygens (including phenoxy) is 1. The topological polar surface area (TPSA) is 58.6 Å². The highest BCUT2D eigenvalue weighted by molar-refractivity contribution is 7.98. The standard InChI is InChI=1S/C16H23NO3S/c1-21-10-8-14(18)16(19)17-11-13-7-9-20-15(13)12-5-3-2-4-6-12/h2-6,13-15,18H,7-11H2,1H3,(H,17,19)/t13-,14-,15-/m1/s1. The summed E-state index contributed by atoms with van der Waals surface area (Å²) in [4.78, 5) is 11.8. The number of aliphatic hydroxyl groups excluding tert-OH is 1. The molecule has 0 aliphatic carbocycles. The highest BCUT2D eigenvalue weighted by Crippen LogP contribution is 2.33. The number of nitrogens with one attached hydrogen (secondary N) is 1. The van der Waals surface area contributed by atoms with Gasteiger partial charge in [0.2, 0.25) is 5.91 Å². The van der Waals surface area contributed by atoms with Crippen LogP contribution in [-0.2, 0) is 9.53 Å². The first kappa shape index (κ1) is 16.3. The second-order valence-electron chi connectivity index (χ2n) is 5.29. The van der Waals surface area contributed by atoms with Crippen LogP contribution in [0.15, 0.2) is 30.3 Å². The molecule has 116 valence electrons. The van der Waals surface area contributed by atoms with Gasteiger partial charge in [-0.1, -0.05) is 30.3 Å². The Morgan fingerprint density at radius 2 is 2.24 bits per heavy atom. The Balaban J connectivity index is 1.83. The third-order valence-corrected chi connectivity index (χ3v) is 4.42. The van der Waals surface area contributed by atoms with Crippen LogP contribution in [0.25, 0.3) is 0 Å². The van der Waals surface area contributed by atoms with Gasteiger partial charge in [0, 0.05) is 19.1 Å². The van der Waals surface area contributed by atoms with Gasteiger partial charge in [0.15, 0.2) is 0 Å². The fraction of sp³-hybridized carbons (Fsp3) is 0.562. The molecule has 0 saturated carbocycles. The van der Waals surface area contributed by atoms with E-state index in [-0.39, 0.29) is 17.9 Å². The predicted octanol–water partition coefficient (Wildman–Crippen LogP) is 1.99. The summed E-state index contributed by atoms with van der Waals surface area (Å²) in [6.45, 7) is 1.27. The van der Waals surface area contributed by atoms with E-state index in [1.807, 2.05) is 24.5 Å². The molecule has 0 unspecified atom stereocenters. The van der Waals surface area contributed by atoms with Gasteiger partial charge in [0.1, 0.15) is 6.10 Å². The van der Waals surface area contributed by atoms with Crippen molar-refractivity contribution in [3.05, 3.63) is 35.9 Å². The Labute approximate surface area is 130 Å². The van der Waals surface area contributed by atoms with E-state index >= 15 is 0 Å². The molecule has 2 N–H and O–H groups in total. The lowest BCUT2D eigenvalue weighted by atomic mass is 9.95. The quantitative estimate of drug-likeness (QED) is 0.809. The Hall–Kier alpha value is -1.04. The average molecular weight is 309 g/mol. The summed E-state index contributed by atoms with van der Waals surface area (Å²) >= 11 is 1.63. The molecule has 1 aliphatic heterocycles. The van der Waals surface area contributed by atoms with Crippen LogP contribution < -0.4 is 5.32 Å². The Morgan fingerprint density at radius 3 is 2.95 bits per heavy atom. The first-order valence-electron chi connectivity index (χ1n) is 7.33. The number of aliphatic hydroxyl groups is 1. The Morgan fingerprint density at radius 1 is 1.48 bits per heavy atom. The number of amides is 1. The number of hydrogen-bond acceptors (Lipinski definition) is 4. The summed E-state index contributed by atoms with van der Waals surface area (Å²) < 4.78 is 5.79. The molecule has 0 bridgehead atoms. The predicted molar refractivity (Wildman–Crippen MR) is 85.3 cm³/mol. The minimum atomic E-state index is -0.907. The molecule has 1 aliphatic rings. The summed E-state index contributed by atoms with van der Waals surface area (Å²) in [5, 5.41) is 12.6. The van der Waals surface area contributed by atoms with E-state index in [4.69, 9.17) is 4.74 Å². The maximum Gasteiger partial charge on any atom is 0.248 e. The van der Waals surface area contributed by atoms with E-state index in [0.717, 1.165) is 24.3 Å². The third-order valence-electron chi connectivity index (χ3n) is 3.78. The molecular weight excluding hydrogens is 286 g/mol. The van der Waals surface area contributed by atoms with Crippen LogP contribution in [0.4, 0.5) is 0 Å². The first-order chi connectivity index (χ1) is 10.2. The van der Waals surface area contributed by atoms with Gasteiger partial charge in [0.25, 0.3) is 0 Å². The molecule has 1 amide bonds. The van der Waals surface area contributed by atoms with E-state index < -0.39 is 6.10 Å². The van der Waals surface area contributed by atoms with E-state index in [0.29, 0.717) is 13.0 Å². The van der Waals surface area contributed by atoms with Crippen molar-refractivity contribution < 1.29 is 14.6 Å². The summed E-state index contributed by atoms with van der Waals surface area (Å²) in [6.07, 6.45) is 2.52. The van der Waals surface area contributed by atoms with E-state index in [9.17, 15) is 9.90 Å². The van der Waals surface area contributed by atoms with Gasteiger partial charge in [0.05, 0.1) is 6.10 Å². The van der Waals surface area contributed by atoms with Crippen molar-refractivity contribution in [2.75, 3.05) is 25.2 Å². The second kappa shape index (κ2) is 8.41. The highest BCUT2D eigenvalue weighted by Gasteiger charge is 2.30. The zero-order valence-corrected chi connectivity index (χ0v) is 13.1. The van der Waals surface area contributed by atoms with Crippen molar-refractivity contribution in [1.82, 2.24) is 5.32 Å². The van der Waals surface area contributed by atoms with Gasteiger partial charge in [-0.15, -0.1) is 0 Å². The lowest BCUT2D eigenvalue weighted by molar-refractivity contribution is -0.129. The van der Waals surface area contributed by atoms with Gasteiger partial charge in [-0.2, -0.15) is 11.8 Å². The van der Waals surface area contributed by atoms with Crippen molar-refractivity contribution >= 4 is 17.7 Å². The lowest BCUT2D eigenvalue weighted by Crippen LogP contribution is -2.38. The molecule has 5 heteroatoms. The molecule has 1 heterocycles. The van der Waals surface area contributed by atoms with Crippen LogP contribution in [0.1, 0.15) is 24.5 Å². The van der Waals surface area contributed by atoms with E-state index in [1.165, 1.54) is 0 Å². The average Bonchev–Trinajstić information content (AvgIpc) is 2.99. The van der Waals surface area contributed by atoms with Gasteiger partial charge in [-0.05, 0) is 30.4 Å². The normalized spacial score (nSPS) is 23.0. The van der Waals surface area contributed by atoms with Crippen molar-refractivity contribution in [2.24, 2.45) is 5.92 Å². The largest absolute Gasteiger partial charge is 0.383 e. The molecule has 21 heavy (non-hydrogen) atoms. The fourth-order valence-corrected chi connectivity index (χ4v) is 3.02. The summed E-state index contributed by atoms with van der Waals surface area (Å²) in [6, 6.07) is 10.1. The molecule has 1 fully saturated rings.